The lowest BCUT2D eigenvalue weighted by atomic mass is 10.0. The van der Waals surface area contributed by atoms with Gasteiger partial charge in [-0.25, -0.2) is 0 Å². The Morgan fingerprint density at radius 2 is 1.50 bits per heavy atom. The highest BCUT2D eigenvalue weighted by molar-refractivity contribution is 4.59. The molecule has 0 aliphatic rings. The van der Waals surface area contributed by atoms with E-state index in [0.29, 0.717) is 0 Å². The summed E-state index contributed by atoms with van der Waals surface area (Å²) in [6, 6.07) is 0. The zero-order valence-electron chi connectivity index (χ0n) is 14.6. The fourth-order valence-corrected chi connectivity index (χ4v) is 2.57. The second-order valence-corrected chi connectivity index (χ2v) is 6.39. The first-order valence-electron chi connectivity index (χ1n) is 8.97. The van der Waals surface area contributed by atoms with Crippen molar-refractivity contribution in [2.24, 2.45) is 5.92 Å². The fourth-order valence-electron chi connectivity index (χ4n) is 2.57. The van der Waals surface area contributed by atoms with Crippen LogP contribution in [-0.4, -0.2) is 38.3 Å². The number of hydrogen-bond donors (Lipinski definition) is 0. The number of nitrogens with zero attached hydrogens (tertiary/aromatic N) is 1. The molecule has 0 aromatic rings. The van der Waals surface area contributed by atoms with E-state index in [0.717, 1.165) is 25.7 Å². The lowest BCUT2D eigenvalue weighted by molar-refractivity contribution is 0.104. The van der Waals surface area contributed by atoms with Crippen molar-refractivity contribution >= 4 is 0 Å². The SMILES string of the molecule is CCCCCCCCOCCN(C)CC(C)CCCC. The molecule has 0 aliphatic heterocycles. The zero-order chi connectivity index (χ0) is 15.1. The first-order valence-corrected chi connectivity index (χ1v) is 8.97. The molecule has 0 aromatic heterocycles. The summed E-state index contributed by atoms with van der Waals surface area (Å²) in [5.41, 5.74) is 0. The van der Waals surface area contributed by atoms with Gasteiger partial charge < -0.3 is 9.64 Å². The Bertz CT molecular complexity index is 184. The number of unbranched alkanes of at least 4 members (excludes halogenated alkanes) is 6. The molecule has 1 atom stereocenters. The Balaban J connectivity index is 3.24. The van der Waals surface area contributed by atoms with Crippen LogP contribution in [0.4, 0.5) is 0 Å². The smallest absolute Gasteiger partial charge is 0.0593 e. The maximum Gasteiger partial charge on any atom is 0.0593 e. The highest BCUT2D eigenvalue weighted by Crippen LogP contribution is 2.08. The van der Waals surface area contributed by atoms with Crippen molar-refractivity contribution in [3.63, 3.8) is 0 Å². The minimum Gasteiger partial charge on any atom is -0.380 e. The molecule has 2 nitrogen and oxygen atoms in total. The second kappa shape index (κ2) is 15.3. The molecule has 1 unspecified atom stereocenters. The first-order chi connectivity index (χ1) is 9.70. The van der Waals surface area contributed by atoms with Crippen LogP contribution < -0.4 is 0 Å². The molecule has 0 aromatic carbocycles. The van der Waals surface area contributed by atoms with E-state index in [1.807, 2.05) is 0 Å². The van der Waals surface area contributed by atoms with Gasteiger partial charge in [0.2, 0.25) is 0 Å². The van der Waals surface area contributed by atoms with Crippen LogP contribution in [0.2, 0.25) is 0 Å². The summed E-state index contributed by atoms with van der Waals surface area (Å²) in [6.45, 7) is 11.0. The lowest BCUT2D eigenvalue weighted by Gasteiger charge is -2.21. The number of rotatable bonds is 15. The Kier molecular flexibility index (Phi) is 15.3. The predicted octanol–water partition coefficient (Wildman–Crippen LogP) is 5.12. The van der Waals surface area contributed by atoms with Gasteiger partial charge in [0, 0.05) is 19.7 Å². The van der Waals surface area contributed by atoms with Crippen molar-refractivity contribution in [1.82, 2.24) is 4.90 Å². The van der Waals surface area contributed by atoms with Gasteiger partial charge in [0.05, 0.1) is 6.61 Å². The highest BCUT2D eigenvalue weighted by atomic mass is 16.5. The summed E-state index contributed by atoms with van der Waals surface area (Å²) >= 11 is 0. The van der Waals surface area contributed by atoms with E-state index in [-0.39, 0.29) is 0 Å². The zero-order valence-corrected chi connectivity index (χ0v) is 14.6. The molecule has 0 saturated heterocycles. The molecule has 0 radical (unpaired) electrons. The van der Waals surface area contributed by atoms with E-state index < -0.39 is 0 Å². The molecule has 122 valence electrons. The summed E-state index contributed by atoms with van der Waals surface area (Å²) in [7, 11) is 2.22. The van der Waals surface area contributed by atoms with Gasteiger partial charge in [0.1, 0.15) is 0 Å². The molecule has 0 aliphatic carbocycles. The number of hydrogen-bond acceptors (Lipinski definition) is 2. The summed E-state index contributed by atoms with van der Waals surface area (Å²) < 4.78 is 5.73. The Morgan fingerprint density at radius 1 is 0.850 bits per heavy atom. The third kappa shape index (κ3) is 14.3. The van der Waals surface area contributed by atoms with Crippen LogP contribution in [0.1, 0.15) is 78.6 Å². The van der Waals surface area contributed by atoms with Gasteiger partial charge in [-0.15, -0.1) is 0 Å². The van der Waals surface area contributed by atoms with Crippen molar-refractivity contribution in [3.05, 3.63) is 0 Å². The molecule has 0 spiro atoms. The van der Waals surface area contributed by atoms with Gasteiger partial charge in [0.25, 0.3) is 0 Å². The Labute approximate surface area is 128 Å². The molecule has 0 fully saturated rings. The van der Waals surface area contributed by atoms with Crippen LogP contribution in [0.15, 0.2) is 0 Å². The third-order valence-corrected chi connectivity index (χ3v) is 3.93. The molecular formula is C18H39NO. The number of likely N-dealkylation sites (N-methyl/N-ethyl adjacent to an activating group) is 1. The van der Waals surface area contributed by atoms with Crippen molar-refractivity contribution in [1.29, 1.82) is 0 Å². The normalized spacial score (nSPS) is 13.1. The lowest BCUT2D eigenvalue weighted by Crippen LogP contribution is -2.28. The number of ether oxygens (including phenoxy) is 1. The topological polar surface area (TPSA) is 12.5 Å². The quantitative estimate of drug-likeness (QED) is 0.387. The van der Waals surface area contributed by atoms with Gasteiger partial charge in [0.15, 0.2) is 0 Å². The van der Waals surface area contributed by atoms with E-state index in [4.69, 9.17) is 4.74 Å². The molecule has 0 saturated carbocycles. The van der Waals surface area contributed by atoms with E-state index in [2.05, 4.69) is 32.7 Å². The van der Waals surface area contributed by atoms with Crippen molar-refractivity contribution in [2.45, 2.75) is 78.6 Å². The van der Waals surface area contributed by atoms with E-state index in [9.17, 15) is 0 Å². The second-order valence-electron chi connectivity index (χ2n) is 6.39. The average Bonchev–Trinajstić information content (AvgIpc) is 2.43. The summed E-state index contributed by atoms with van der Waals surface area (Å²) in [5.74, 6) is 0.818. The average molecular weight is 286 g/mol. The molecule has 0 N–H and O–H groups in total. The maximum atomic E-state index is 5.73. The summed E-state index contributed by atoms with van der Waals surface area (Å²) in [6.07, 6.45) is 12.1. The van der Waals surface area contributed by atoms with E-state index >= 15 is 0 Å². The van der Waals surface area contributed by atoms with Gasteiger partial charge in [-0.2, -0.15) is 0 Å². The molecule has 0 heterocycles. The van der Waals surface area contributed by atoms with Crippen LogP contribution in [0.3, 0.4) is 0 Å². The third-order valence-electron chi connectivity index (χ3n) is 3.93. The summed E-state index contributed by atoms with van der Waals surface area (Å²) in [4.78, 5) is 2.42. The standard InChI is InChI=1S/C18H39NO/c1-5-7-9-10-11-12-15-20-16-14-19(4)17-18(3)13-8-6-2/h18H,5-17H2,1-4H3. The predicted molar refractivity (Wildman–Crippen MR) is 90.4 cm³/mol. The van der Waals surface area contributed by atoms with Crippen molar-refractivity contribution in [3.8, 4) is 0 Å². The largest absolute Gasteiger partial charge is 0.380 e. The molecule has 0 rings (SSSR count). The van der Waals surface area contributed by atoms with Crippen LogP contribution in [0, 0.1) is 5.92 Å². The highest BCUT2D eigenvalue weighted by Gasteiger charge is 2.05. The summed E-state index contributed by atoms with van der Waals surface area (Å²) in [5, 5.41) is 0. The Morgan fingerprint density at radius 3 is 2.20 bits per heavy atom. The molecule has 0 bridgehead atoms. The molecule has 2 heteroatoms. The van der Waals surface area contributed by atoms with Crippen LogP contribution in [0.25, 0.3) is 0 Å². The minimum absolute atomic E-state index is 0.818. The molecular weight excluding hydrogens is 246 g/mol. The van der Waals surface area contributed by atoms with Crippen LogP contribution in [0.5, 0.6) is 0 Å². The van der Waals surface area contributed by atoms with Crippen LogP contribution in [-0.2, 0) is 4.74 Å². The van der Waals surface area contributed by atoms with Crippen LogP contribution >= 0.6 is 0 Å². The fraction of sp³-hybridized carbons (Fsp3) is 1.00. The van der Waals surface area contributed by atoms with Gasteiger partial charge in [-0.1, -0.05) is 65.7 Å². The van der Waals surface area contributed by atoms with E-state index in [1.54, 1.807) is 0 Å². The monoisotopic (exact) mass is 285 g/mol. The van der Waals surface area contributed by atoms with Gasteiger partial charge >= 0.3 is 0 Å². The molecule has 20 heavy (non-hydrogen) atoms. The molecule has 0 amide bonds. The van der Waals surface area contributed by atoms with Gasteiger partial charge in [-0.3, -0.25) is 0 Å². The van der Waals surface area contributed by atoms with E-state index in [1.165, 1.54) is 64.3 Å². The first kappa shape index (κ1) is 19.9. The maximum absolute atomic E-state index is 5.73. The Hall–Kier alpha value is -0.0800. The van der Waals surface area contributed by atoms with Gasteiger partial charge in [-0.05, 0) is 25.8 Å². The minimum atomic E-state index is 0.818. The van der Waals surface area contributed by atoms with Crippen molar-refractivity contribution < 1.29 is 4.74 Å². The van der Waals surface area contributed by atoms with Crippen molar-refractivity contribution in [2.75, 3.05) is 33.4 Å².